The Balaban J connectivity index is 1.36. The summed E-state index contributed by atoms with van der Waals surface area (Å²) in [5.74, 6) is 1.71. The molecular weight excluding hydrogens is 407 g/mol. The normalized spacial score (nSPS) is 26.8. The lowest BCUT2D eigenvalue weighted by atomic mass is 9.75. The minimum Gasteiger partial charge on any atom is -0.327 e. The second-order valence-electron chi connectivity index (χ2n) is 10.5. The molecule has 2 aliphatic carbocycles. The van der Waals surface area contributed by atoms with Gasteiger partial charge in [-0.15, -0.1) is 0 Å². The summed E-state index contributed by atoms with van der Waals surface area (Å²) in [5, 5.41) is 3.64. The Morgan fingerprint density at radius 3 is 2.06 bits per heavy atom. The minimum atomic E-state index is -0.0828. The van der Waals surface area contributed by atoms with Crippen molar-refractivity contribution in [3.8, 4) is 11.1 Å². The minimum absolute atomic E-state index is 0.0828. The highest BCUT2D eigenvalue weighted by Crippen LogP contribution is 2.39. The molecule has 0 bridgehead atoms. The molecule has 0 radical (unpaired) electrons. The van der Waals surface area contributed by atoms with Gasteiger partial charge in [0.25, 0.3) is 0 Å². The first kappa shape index (κ1) is 24.4. The van der Waals surface area contributed by atoms with Crippen molar-refractivity contribution < 1.29 is 4.39 Å². The van der Waals surface area contributed by atoms with Gasteiger partial charge in [-0.3, -0.25) is 0 Å². The smallest absolute Gasteiger partial charge is 0.131 e. The van der Waals surface area contributed by atoms with Crippen LogP contribution in [0.4, 0.5) is 4.39 Å². The van der Waals surface area contributed by atoms with Crippen LogP contribution < -0.4 is 11.1 Å². The van der Waals surface area contributed by atoms with Crippen LogP contribution in [0.2, 0.25) is 0 Å². The maximum absolute atomic E-state index is 15.1. The monoisotopic (exact) mass is 450 g/mol. The summed E-state index contributed by atoms with van der Waals surface area (Å²) in [6.45, 7) is 5.51. The molecule has 180 valence electrons. The number of hydrogen-bond donors (Lipinski definition) is 2. The van der Waals surface area contributed by atoms with Gasteiger partial charge in [0.15, 0.2) is 0 Å². The van der Waals surface area contributed by atoms with E-state index in [2.05, 4.69) is 49.5 Å². The molecule has 33 heavy (non-hydrogen) atoms. The molecule has 3 heteroatoms. The van der Waals surface area contributed by atoms with Crippen molar-refractivity contribution in [1.82, 2.24) is 5.32 Å². The van der Waals surface area contributed by atoms with E-state index in [1.807, 2.05) is 6.07 Å². The van der Waals surface area contributed by atoms with E-state index >= 15 is 4.39 Å². The van der Waals surface area contributed by atoms with Gasteiger partial charge in [-0.25, -0.2) is 4.39 Å². The van der Waals surface area contributed by atoms with Crippen molar-refractivity contribution in [1.29, 1.82) is 0 Å². The van der Waals surface area contributed by atoms with E-state index in [4.69, 9.17) is 5.73 Å². The fraction of sp³-hybridized carbons (Fsp3) is 0.600. The second kappa shape index (κ2) is 11.6. The maximum atomic E-state index is 15.1. The van der Waals surface area contributed by atoms with Crippen molar-refractivity contribution >= 4 is 0 Å². The summed E-state index contributed by atoms with van der Waals surface area (Å²) in [6.07, 6.45) is 11.9. The van der Waals surface area contributed by atoms with Gasteiger partial charge in [0.05, 0.1) is 0 Å². The van der Waals surface area contributed by atoms with E-state index < -0.39 is 0 Å². The number of nitrogens with one attached hydrogen (secondary N) is 1. The van der Waals surface area contributed by atoms with Gasteiger partial charge in [-0.2, -0.15) is 0 Å². The van der Waals surface area contributed by atoms with E-state index in [1.165, 1.54) is 56.1 Å². The molecule has 0 saturated heterocycles. The molecule has 0 spiro atoms. The highest BCUT2D eigenvalue weighted by atomic mass is 19.1. The van der Waals surface area contributed by atoms with Crippen LogP contribution >= 0.6 is 0 Å². The molecule has 4 rings (SSSR count). The average molecular weight is 451 g/mol. The number of benzene rings is 2. The predicted octanol–water partition coefficient (Wildman–Crippen LogP) is 7.53. The number of rotatable bonds is 8. The average Bonchev–Trinajstić information content (AvgIpc) is 2.87. The SMILES string of the molecule is CCCNC1CCC(c2ccc(-c3ccc(C4CCC(C(N)CC)CC4)cc3)c(F)c2)CC1. The molecular formula is C30H43FN2. The van der Waals surface area contributed by atoms with Gasteiger partial charge in [0.2, 0.25) is 0 Å². The van der Waals surface area contributed by atoms with Crippen molar-refractivity contribution in [2.45, 2.75) is 102 Å². The molecule has 2 aliphatic rings. The van der Waals surface area contributed by atoms with E-state index in [9.17, 15) is 0 Å². The molecule has 1 unspecified atom stereocenters. The van der Waals surface area contributed by atoms with Crippen molar-refractivity contribution in [2.75, 3.05) is 6.54 Å². The van der Waals surface area contributed by atoms with Gasteiger partial charge in [-0.05, 0) is 111 Å². The summed E-state index contributed by atoms with van der Waals surface area (Å²) >= 11 is 0. The Morgan fingerprint density at radius 1 is 0.848 bits per heavy atom. The summed E-state index contributed by atoms with van der Waals surface area (Å²) in [6, 6.07) is 15.6. The van der Waals surface area contributed by atoms with Gasteiger partial charge in [0.1, 0.15) is 5.82 Å². The first-order valence-electron chi connectivity index (χ1n) is 13.5. The van der Waals surface area contributed by atoms with Gasteiger partial charge < -0.3 is 11.1 Å². The summed E-state index contributed by atoms with van der Waals surface area (Å²) in [4.78, 5) is 0. The third-order valence-corrected chi connectivity index (χ3v) is 8.42. The molecule has 2 saturated carbocycles. The Morgan fingerprint density at radius 2 is 1.45 bits per heavy atom. The van der Waals surface area contributed by atoms with E-state index in [1.54, 1.807) is 6.07 Å². The van der Waals surface area contributed by atoms with Crippen molar-refractivity contribution in [3.05, 3.63) is 59.4 Å². The number of halogens is 1. The quantitative estimate of drug-likeness (QED) is 0.436. The molecule has 0 amide bonds. The lowest BCUT2D eigenvalue weighted by Gasteiger charge is -2.32. The summed E-state index contributed by atoms with van der Waals surface area (Å²) in [5.41, 5.74) is 10.5. The maximum Gasteiger partial charge on any atom is 0.131 e. The third-order valence-electron chi connectivity index (χ3n) is 8.42. The van der Waals surface area contributed by atoms with Crippen LogP contribution in [-0.4, -0.2) is 18.6 Å². The van der Waals surface area contributed by atoms with Gasteiger partial charge in [0, 0.05) is 17.6 Å². The van der Waals surface area contributed by atoms with Crippen LogP contribution in [0.5, 0.6) is 0 Å². The lowest BCUT2D eigenvalue weighted by Crippen LogP contribution is -2.33. The third kappa shape index (κ3) is 6.05. The molecule has 1 atom stereocenters. The van der Waals surface area contributed by atoms with Crippen LogP contribution in [-0.2, 0) is 0 Å². The molecule has 0 aliphatic heterocycles. The highest BCUT2D eigenvalue weighted by molar-refractivity contribution is 5.65. The summed E-state index contributed by atoms with van der Waals surface area (Å²) in [7, 11) is 0. The van der Waals surface area contributed by atoms with Crippen LogP contribution in [0.3, 0.4) is 0 Å². The van der Waals surface area contributed by atoms with E-state index in [0.717, 1.165) is 36.9 Å². The predicted molar refractivity (Wildman–Crippen MR) is 138 cm³/mol. The number of hydrogen-bond acceptors (Lipinski definition) is 2. The molecule has 0 heterocycles. The zero-order valence-electron chi connectivity index (χ0n) is 20.7. The Hall–Kier alpha value is -1.71. The Kier molecular flexibility index (Phi) is 8.60. The molecule has 2 nitrogen and oxygen atoms in total. The molecule has 2 fully saturated rings. The molecule has 2 aromatic rings. The first-order valence-corrected chi connectivity index (χ1v) is 13.5. The lowest BCUT2D eigenvalue weighted by molar-refractivity contribution is 0.277. The standard InChI is InChI=1S/C30H43FN2/c1-3-19-33-27-16-13-23(14-17-27)26-15-18-28(29(31)20-26)24-9-5-21(6-10-24)22-7-11-25(12-8-22)30(32)4-2/h5-6,9-10,15,18,20,22-23,25,27,30,33H,3-4,7-8,11-14,16-17,19,32H2,1-2H3. The highest BCUT2D eigenvalue weighted by Gasteiger charge is 2.26. The van der Waals surface area contributed by atoms with Gasteiger partial charge >= 0.3 is 0 Å². The van der Waals surface area contributed by atoms with Crippen molar-refractivity contribution in [2.24, 2.45) is 11.7 Å². The largest absolute Gasteiger partial charge is 0.327 e. The van der Waals surface area contributed by atoms with Crippen molar-refractivity contribution in [3.63, 3.8) is 0 Å². The van der Waals surface area contributed by atoms with Crippen LogP contribution in [0.1, 0.15) is 101 Å². The second-order valence-corrected chi connectivity index (χ2v) is 10.5. The Labute approximate surface area is 200 Å². The fourth-order valence-electron chi connectivity index (χ4n) is 6.15. The fourth-order valence-corrected chi connectivity index (χ4v) is 6.15. The molecule has 3 N–H and O–H groups in total. The van der Waals surface area contributed by atoms with Crippen LogP contribution in [0.25, 0.3) is 11.1 Å². The van der Waals surface area contributed by atoms with Gasteiger partial charge in [-0.1, -0.05) is 50.2 Å². The zero-order chi connectivity index (χ0) is 23.2. The topological polar surface area (TPSA) is 38.0 Å². The number of nitrogens with two attached hydrogens (primary N) is 1. The van der Waals surface area contributed by atoms with E-state index in [-0.39, 0.29) is 5.82 Å². The van der Waals surface area contributed by atoms with Crippen LogP contribution in [0.15, 0.2) is 42.5 Å². The molecule has 0 aromatic heterocycles. The summed E-state index contributed by atoms with van der Waals surface area (Å²) < 4.78 is 15.1. The Bertz CT molecular complexity index is 861. The molecule has 2 aromatic carbocycles. The van der Waals surface area contributed by atoms with Crippen LogP contribution in [0, 0.1) is 11.7 Å². The van der Waals surface area contributed by atoms with E-state index in [0.29, 0.717) is 29.8 Å². The zero-order valence-corrected chi connectivity index (χ0v) is 20.7. The first-order chi connectivity index (χ1) is 16.1.